The van der Waals surface area contributed by atoms with Crippen molar-refractivity contribution in [2.75, 3.05) is 5.73 Å². The van der Waals surface area contributed by atoms with Gasteiger partial charge in [-0.3, -0.25) is 8.89 Å². The molecule has 0 saturated heterocycles. The normalized spacial score (nSPS) is 12.6. The molecule has 0 fully saturated rings. The lowest BCUT2D eigenvalue weighted by atomic mass is 10.2. The average Bonchev–Trinajstić information content (AvgIpc) is 2.63. The summed E-state index contributed by atoms with van der Waals surface area (Å²) in [6, 6.07) is 7.44. The van der Waals surface area contributed by atoms with E-state index in [9.17, 15) is 4.21 Å². The zero-order chi connectivity index (χ0) is 12.4. The number of rotatable bonds is 3. The number of nitrogens with two attached hydrogens (primary N) is 1. The van der Waals surface area contributed by atoms with Crippen molar-refractivity contribution in [2.45, 2.75) is 17.6 Å². The van der Waals surface area contributed by atoms with Crippen LogP contribution in [0.5, 0.6) is 0 Å². The highest BCUT2D eigenvalue weighted by atomic mass is 32.2. The molecule has 2 rings (SSSR count). The molecule has 1 heterocycles. The maximum absolute atomic E-state index is 12.1. The highest BCUT2D eigenvalue weighted by molar-refractivity contribution is 7.84. The Morgan fingerprint density at radius 3 is 2.76 bits per heavy atom. The van der Waals surface area contributed by atoms with Crippen LogP contribution in [0.2, 0.25) is 0 Å². The molecular formula is C12H15N3OS. The Morgan fingerprint density at radius 1 is 1.41 bits per heavy atom. The van der Waals surface area contributed by atoms with E-state index in [0.717, 1.165) is 11.3 Å². The molecule has 0 saturated carbocycles. The molecular weight excluding hydrogens is 234 g/mol. The lowest BCUT2D eigenvalue weighted by Gasteiger charge is -2.05. The SMILES string of the molecule is Cc1ccc(S(=O)Cc2ccn(C)n2)c(N)c1. The van der Waals surface area contributed by atoms with Crippen molar-refractivity contribution in [3.63, 3.8) is 0 Å². The van der Waals surface area contributed by atoms with Gasteiger partial charge in [-0.15, -0.1) is 0 Å². The van der Waals surface area contributed by atoms with E-state index in [-0.39, 0.29) is 0 Å². The zero-order valence-corrected chi connectivity index (χ0v) is 10.7. The molecule has 17 heavy (non-hydrogen) atoms. The summed E-state index contributed by atoms with van der Waals surface area (Å²) >= 11 is 0. The molecule has 1 aromatic carbocycles. The second kappa shape index (κ2) is 4.71. The van der Waals surface area contributed by atoms with Gasteiger partial charge < -0.3 is 5.73 Å². The first kappa shape index (κ1) is 11.9. The summed E-state index contributed by atoms with van der Waals surface area (Å²) in [6.07, 6.45) is 1.84. The first-order valence-electron chi connectivity index (χ1n) is 5.29. The molecule has 1 atom stereocenters. The van der Waals surface area contributed by atoms with E-state index in [1.165, 1.54) is 0 Å². The van der Waals surface area contributed by atoms with Crippen molar-refractivity contribution in [3.05, 3.63) is 41.7 Å². The van der Waals surface area contributed by atoms with Crippen LogP contribution in [-0.2, 0) is 23.6 Å². The van der Waals surface area contributed by atoms with Gasteiger partial charge in [0.15, 0.2) is 0 Å². The van der Waals surface area contributed by atoms with E-state index in [1.807, 2.05) is 44.4 Å². The molecule has 2 N–H and O–H groups in total. The largest absolute Gasteiger partial charge is 0.398 e. The molecule has 0 bridgehead atoms. The number of hydrogen-bond donors (Lipinski definition) is 1. The van der Waals surface area contributed by atoms with Crippen molar-refractivity contribution in [1.82, 2.24) is 9.78 Å². The Hall–Kier alpha value is -1.62. The van der Waals surface area contributed by atoms with Crippen LogP contribution >= 0.6 is 0 Å². The molecule has 1 aromatic heterocycles. The van der Waals surface area contributed by atoms with Crippen LogP contribution in [0.4, 0.5) is 5.69 Å². The highest BCUT2D eigenvalue weighted by Gasteiger charge is 2.10. The second-order valence-electron chi connectivity index (χ2n) is 4.01. The average molecular weight is 249 g/mol. The number of aryl methyl sites for hydroxylation is 2. The molecule has 5 heteroatoms. The van der Waals surface area contributed by atoms with Gasteiger partial charge in [0.05, 0.1) is 27.1 Å². The lowest BCUT2D eigenvalue weighted by molar-refractivity contribution is 0.681. The fraction of sp³-hybridized carbons (Fsp3) is 0.250. The summed E-state index contributed by atoms with van der Waals surface area (Å²) < 4.78 is 13.8. The van der Waals surface area contributed by atoms with Crippen LogP contribution in [0.25, 0.3) is 0 Å². The Morgan fingerprint density at radius 2 is 2.18 bits per heavy atom. The molecule has 0 aliphatic carbocycles. The molecule has 0 aliphatic rings. The van der Waals surface area contributed by atoms with E-state index in [0.29, 0.717) is 16.3 Å². The second-order valence-corrected chi connectivity index (χ2v) is 5.43. The Bertz CT molecular complexity index is 563. The fourth-order valence-corrected chi connectivity index (χ4v) is 2.75. The minimum absolute atomic E-state index is 0.397. The first-order chi connectivity index (χ1) is 8.06. The van der Waals surface area contributed by atoms with Crippen molar-refractivity contribution in [1.29, 1.82) is 0 Å². The highest BCUT2D eigenvalue weighted by Crippen LogP contribution is 2.19. The van der Waals surface area contributed by atoms with Gasteiger partial charge in [0, 0.05) is 18.9 Å². The summed E-state index contributed by atoms with van der Waals surface area (Å²) in [4.78, 5) is 0.682. The standard InChI is InChI=1S/C12H15N3OS/c1-9-3-4-12(11(13)7-9)17(16)8-10-5-6-15(2)14-10/h3-7H,8,13H2,1-2H3. The van der Waals surface area contributed by atoms with Gasteiger partial charge in [-0.2, -0.15) is 5.10 Å². The number of anilines is 1. The van der Waals surface area contributed by atoms with Crippen LogP contribution in [0, 0.1) is 6.92 Å². The topological polar surface area (TPSA) is 60.9 Å². The molecule has 4 nitrogen and oxygen atoms in total. The van der Waals surface area contributed by atoms with Gasteiger partial charge in [-0.1, -0.05) is 6.07 Å². The molecule has 1 unspecified atom stereocenters. The van der Waals surface area contributed by atoms with Crippen LogP contribution in [-0.4, -0.2) is 14.0 Å². The predicted molar refractivity (Wildman–Crippen MR) is 68.9 cm³/mol. The van der Waals surface area contributed by atoms with Crippen molar-refractivity contribution < 1.29 is 4.21 Å². The zero-order valence-electron chi connectivity index (χ0n) is 9.88. The minimum Gasteiger partial charge on any atom is -0.398 e. The van der Waals surface area contributed by atoms with Gasteiger partial charge >= 0.3 is 0 Å². The number of nitrogen functional groups attached to an aromatic ring is 1. The summed E-state index contributed by atoms with van der Waals surface area (Å²) in [5.41, 5.74) is 8.33. The van der Waals surface area contributed by atoms with E-state index in [4.69, 9.17) is 5.73 Å². The lowest BCUT2D eigenvalue weighted by Crippen LogP contribution is -2.02. The number of aromatic nitrogens is 2. The van der Waals surface area contributed by atoms with Gasteiger partial charge in [-0.05, 0) is 30.7 Å². The Kier molecular flexibility index (Phi) is 3.28. The maximum Gasteiger partial charge on any atom is 0.0753 e. The maximum atomic E-state index is 12.1. The summed E-state index contributed by atoms with van der Waals surface area (Å²) in [7, 11) is 0.698. The number of hydrogen-bond acceptors (Lipinski definition) is 3. The third-order valence-electron chi connectivity index (χ3n) is 2.46. The minimum atomic E-state index is -1.14. The van der Waals surface area contributed by atoms with Gasteiger partial charge in [0.1, 0.15) is 0 Å². The van der Waals surface area contributed by atoms with Gasteiger partial charge in [0.2, 0.25) is 0 Å². The van der Waals surface area contributed by atoms with E-state index in [1.54, 1.807) is 4.68 Å². The van der Waals surface area contributed by atoms with Crippen LogP contribution < -0.4 is 5.73 Å². The van der Waals surface area contributed by atoms with Gasteiger partial charge in [-0.25, -0.2) is 0 Å². The quantitative estimate of drug-likeness (QED) is 0.841. The molecule has 0 radical (unpaired) electrons. The Labute approximate surface area is 103 Å². The molecule has 0 spiro atoms. The third-order valence-corrected chi connectivity index (χ3v) is 3.88. The van der Waals surface area contributed by atoms with E-state index in [2.05, 4.69) is 5.10 Å². The number of nitrogens with zero attached hydrogens (tertiary/aromatic N) is 2. The van der Waals surface area contributed by atoms with E-state index >= 15 is 0 Å². The summed E-state index contributed by atoms with van der Waals surface area (Å²) in [6.45, 7) is 1.96. The van der Waals surface area contributed by atoms with Crippen molar-refractivity contribution >= 4 is 16.5 Å². The summed E-state index contributed by atoms with van der Waals surface area (Å²) in [5, 5.41) is 4.21. The van der Waals surface area contributed by atoms with E-state index < -0.39 is 10.8 Å². The molecule has 2 aromatic rings. The monoisotopic (exact) mass is 249 g/mol. The van der Waals surface area contributed by atoms with Crippen molar-refractivity contribution in [2.24, 2.45) is 7.05 Å². The predicted octanol–water partition coefficient (Wildman–Crippen LogP) is 1.62. The fourth-order valence-electron chi connectivity index (χ4n) is 1.63. The van der Waals surface area contributed by atoms with Crippen LogP contribution in [0.1, 0.15) is 11.3 Å². The smallest absolute Gasteiger partial charge is 0.0753 e. The van der Waals surface area contributed by atoms with Crippen LogP contribution in [0.3, 0.4) is 0 Å². The molecule has 0 aliphatic heterocycles. The Balaban J connectivity index is 2.20. The van der Waals surface area contributed by atoms with Crippen LogP contribution in [0.15, 0.2) is 35.4 Å². The van der Waals surface area contributed by atoms with Gasteiger partial charge in [0.25, 0.3) is 0 Å². The summed E-state index contributed by atoms with van der Waals surface area (Å²) in [5.74, 6) is 0.397. The molecule has 0 amide bonds. The third kappa shape index (κ3) is 2.74. The molecule has 90 valence electrons. The van der Waals surface area contributed by atoms with Crippen molar-refractivity contribution in [3.8, 4) is 0 Å². The first-order valence-corrected chi connectivity index (χ1v) is 6.61. The number of benzene rings is 1.